The fraction of sp³-hybridized carbons (Fsp3) is 0.433. The Morgan fingerprint density at radius 3 is 1.29 bits per heavy atom. The third kappa shape index (κ3) is 10.2. The van der Waals surface area contributed by atoms with Crippen LogP contribution in [0.5, 0.6) is 0 Å². The van der Waals surface area contributed by atoms with Crippen molar-refractivity contribution in [1.82, 2.24) is 0 Å². The molecule has 2 aromatic carbocycles. The molecule has 0 saturated heterocycles. The molecule has 0 aromatic heterocycles. The quantitative estimate of drug-likeness (QED) is 0.247. The standard InChI is InChI=1S/C30H39NO4/c1-5-32-29(33-6-2)27(19-24-15-11-9-12-16-24)21-26(23-31)22-28(30(34-7-3)35-8-4)20-25-17-13-10-14-18-25/h9-20,26,29-30H,5-8,21-22H2,1-4H3/b27-19+,28-20+. The number of nitriles is 1. The summed E-state index contributed by atoms with van der Waals surface area (Å²) in [6.07, 6.45) is 4.15. The monoisotopic (exact) mass is 477 g/mol. The zero-order valence-corrected chi connectivity index (χ0v) is 21.5. The molecular formula is C30H39NO4. The van der Waals surface area contributed by atoms with E-state index in [1.807, 2.05) is 88.4 Å². The molecule has 188 valence electrons. The molecule has 0 unspecified atom stereocenters. The number of rotatable bonds is 16. The lowest BCUT2D eigenvalue weighted by molar-refractivity contribution is -0.114. The molecule has 0 bridgehead atoms. The highest BCUT2D eigenvalue weighted by Gasteiger charge is 2.24. The lowest BCUT2D eigenvalue weighted by atomic mass is 9.91. The largest absolute Gasteiger partial charge is 0.349 e. The molecule has 0 spiro atoms. The van der Waals surface area contributed by atoms with Crippen LogP contribution < -0.4 is 0 Å². The van der Waals surface area contributed by atoms with Crippen molar-refractivity contribution in [1.29, 1.82) is 5.26 Å². The van der Waals surface area contributed by atoms with E-state index in [4.69, 9.17) is 18.9 Å². The molecule has 0 saturated carbocycles. The van der Waals surface area contributed by atoms with Gasteiger partial charge in [0.2, 0.25) is 0 Å². The van der Waals surface area contributed by atoms with Gasteiger partial charge in [-0.05, 0) is 62.8 Å². The Morgan fingerprint density at radius 2 is 1.00 bits per heavy atom. The van der Waals surface area contributed by atoms with Crippen molar-refractivity contribution in [3.63, 3.8) is 0 Å². The third-order valence-corrected chi connectivity index (χ3v) is 5.33. The van der Waals surface area contributed by atoms with Gasteiger partial charge in [-0.3, -0.25) is 0 Å². The Kier molecular flexibility index (Phi) is 13.7. The van der Waals surface area contributed by atoms with Gasteiger partial charge in [-0.1, -0.05) is 72.8 Å². The van der Waals surface area contributed by atoms with E-state index < -0.39 is 12.6 Å². The van der Waals surface area contributed by atoms with Crippen LogP contribution in [0, 0.1) is 17.2 Å². The Morgan fingerprint density at radius 1 is 0.657 bits per heavy atom. The summed E-state index contributed by atoms with van der Waals surface area (Å²) in [6, 6.07) is 22.6. The predicted octanol–water partition coefficient (Wildman–Crippen LogP) is 6.87. The molecule has 0 fully saturated rings. The number of hydrogen-bond donors (Lipinski definition) is 0. The number of ether oxygens (including phenoxy) is 4. The Bertz CT molecular complexity index is 850. The molecule has 0 atom stereocenters. The molecule has 0 heterocycles. The molecule has 2 rings (SSSR count). The molecule has 5 heteroatoms. The minimum atomic E-state index is -0.503. The first-order chi connectivity index (χ1) is 17.1. The van der Waals surface area contributed by atoms with E-state index in [9.17, 15) is 5.26 Å². The van der Waals surface area contributed by atoms with E-state index in [1.165, 1.54) is 0 Å². The first-order valence-corrected chi connectivity index (χ1v) is 12.5. The van der Waals surface area contributed by atoms with Crippen LogP contribution in [0.2, 0.25) is 0 Å². The molecule has 0 amide bonds. The SMILES string of the molecule is CCOC(OCC)/C(=C/c1ccccc1)CC(C#N)C/C(=C\c1ccccc1)C(OCC)OCC. The van der Waals surface area contributed by atoms with Crippen LogP contribution in [0.15, 0.2) is 71.8 Å². The van der Waals surface area contributed by atoms with E-state index in [0.717, 1.165) is 22.3 Å². The normalized spacial score (nSPS) is 13.3. The van der Waals surface area contributed by atoms with Crippen molar-refractivity contribution >= 4 is 12.2 Å². The van der Waals surface area contributed by atoms with Gasteiger partial charge in [-0.2, -0.15) is 5.26 Å². The molecule has 0 N–H and O–H groups in total. The van der Waals surface area contributed by atoms with Crippen LogP contribution >= 0.6 is 0 Å². The van der Waals surface area contributed by atoms with E-state index in [2.05, 4.69) is 18.2 Å². The van der Waals surface area contributed by atoms with E-state index in [-0.39, 0.29) is 5.92 Å². The van der Waals surface area contributed by atoms with Gasteiger partial charge >= 0.3 is 0 Å². The van der Waals surface area contributed by atoms with Crippen LogP contribution in [-0.2, 0) is 18.9 Å². The molecule has 0 aliphatic carbocycles. The van der Waals surface area contributed by atoms with Gasteiger partial charge in [0.15, 0.2) is 12.6 Å². The molecular weight excluding hydrogens is 438 g/mol. The van der Waals surface area contributed by atoms with Crippen molar-refractivity contribution in [3.8, 4) is 6.07 Å². The maximum atomic E-state index is 10.2. The minimum Gasteiger partial charge on any atom is -0.349 e. The van der Waals surface area contributed by atoms with E-state index in [0.29, 0.717) is 39.3 Å². The zero-order chi connectivity index (χ0) is 25.3. The number of nitrogens with zero attached hydrogens (tertiary/aromatic N) is 1. The first-order valence-electron chi connectivity index (χ1n) is 12.5. The van der Waals surface area contributed by atoms with Crippen LogP contribution in [-0.4, -0.2) is 39.0 Å². The average Bonchev–Trinajstić information content (AvgIpc) is 2.88. The van der Waals surface area contributed by atoms with Gasteiger partial charge in [0, 0.05) is 26.4 Å². The highest BCUT2D eigenvalue weighted by atomic mass is 16.7. The molecule has 0 aliphatic rings. The van der Waals surface area contributed by atoms with Gasteiger partial charge in [-0.25, -0.2) is 0 Å². The van der Waals surface area contributed by atoms with Gasteiger partial charge in [-0.15, -0.1) is 0 Å². The fourth-order valence-corrected chi connectivity index (χ4v) is 3.84. The second-order valence-corrected chi connectivity index (χ2v) is 7.98. The Hall–Kier alpha value is -2.75. The maximum Gasteiger partial charge on any atom is 0.180 e. The lowest BCUT2D eigenvalue weighted by Crippen LogP contribution is -2.24. The summed E-state index contributed by atoms with van der Waals surface area (Å²) in [7, 11) is 0. The Labute approximate surface area is 211 Å². The number of benzene rings is 2. The molecule has 2 aromatic rings. The highest BCUT2D eigenvalue weighted by Crippen LogP contribution is 2.29. The molecule has 35 heavy (non-hydrogen) atoms. The van der Waals surface area contributed by atoms with Gasteiger partial charge < -0.3 is 18.9 Å². The Balaban J connectivity index is 2.39. The van der Waals surface area contributed by atoms with Crippen LogP contribution in [0.1, 0.15) is 51.7 Å². The summed E-state index contributed by atoms with van der Waals surface area (Å²) < 4.78 is 23.7. The summed E-state index contributed by atoms with van der Waals surface area (Å²) >= 11 is 0. The smallest absolute Gasteiger partial charge is 0.180 e. The maximum absolute atomic E-state index is 10.2. The zero-order valence-electron chi connectivity index (χ0n) is 21.5. The third-order valence-electron chi connectivity index (χ3n) is 5.33. The summed E-state index contributed by atoms with van der Waals surface area (Å²) in [5, 5.41) is 10.2. The van der Waals surface area contributed by atoms with Crippen LogP contribution in [0.4, 0.5) is 0 Å². The minimum absolute atomic E-state index is 0.313. The number of hydrogen-bond acceptors (Lipinski definition) is 5. The van der Waals surface area contributed by atoms with Crippen molar-refractivity contribution in [2.75, 3.05) is 26.4 Å². The van der Waals surface area contributed by atoms with Gasteiger partial charge in [0.1, 0.15) is 0 Å². The van der Waals surface area contributed by atoms with E-state index >= 15 is 0 Å². The topological polar surface area (TPSA) is 60.7 Å². The molecule has 5 nitrogen and oxygen atoms in total. The average molecular weight is 478 g/mol. The van der Waals surface area contributed by atoms with Crippen molar-refractivity contribution in [2.45, 2.75) is 53.1 Å². The highest BCUT2D eigenvalue weighted by molar-refractivity contribution is 5.55. The van der Waals surface area contributed by atoms with Gasteiger partial charge in [0.05, 0.1) is 12.0 Å². The van der Waals surface area contributed by atoms with Crippen LogP contribution in [0.25, 0.3) is 12.2 Å². The lowest BCUT2D eigenvalue weighted by Gasteiger charge is -2.25. The second-order valence-electron chi connectivity index (χ2n) is 7.98. The molecule has 0 aliphatic heterocycles. The van der Waals surface area contributed by atoms with Crippen molar-refractivity contribution in [2.24, 2.45) is 5.92 Å². The first kappa shape index (κ1) is 28.5. The molecule has 0 radical (unpaired) electrons. The summed E-state index contributed by atoms with van der Waals surface area (Å²) in [5.74, 6) is -0.313. The predicted molar refractivity (Wildman–Crippen MR) is 141 cm³/mol. The van der Waals surface area contributed by atoms with Crippen molar-refractivity contribution in [3.05, 3.63) is 82.9 Å². The second kappa shape index (κ2) is 16.8. The summed E-state index contributed by atoms with van der Waals surface area (Å²) in [6.45, 7) is 9.86. The van der Waals surface area contributed by atoms with Crippen LogP contribution in [0.3, 0.4) is 0 Å². The van der Waals surface area contributed by atoms with E-state index in [1.54, 1.807) is 0 Å². The van der Waals surface area contributed by atoms with Gasteiger partial charge in [0.25, 0.3) is 0 Å². The summed E-state index contributed by atoms with van der Waals surface area (Å²) in [5.41, 5.74) is 3.97. The fourth-order valence-electron chi connectivity index (χ4n) is 3.84. The van der Waals surface area contributed by atoms with Crippen molar-refractivity contribution < 1.29 is 18.9 Å². The summed E-state index contributed by atoms with van der Waals surface area (Å²) in [4.78, 5) is 0.